The van der Waals surface area contributed by atoms with Crippen molar-refractivity contribution in [2.45, 2.75) is 26.5 Å². The summed E-state index contributed by atoms with van der Waals surface area (Å²) in [6.45, 7) is 4.54. The van der Waals surface area contributed by atoms with Gasteiger partial charge in [-0.15, -0.1) is 0 Å². The Hall–Kier alpha value is -1.90. The highest BCUT2D eigenvalue weighted by molar-refractivity contribution is 6.35. The molecule has 0 radical (unpaired) electrons. The van der Waals surface area contributed by atoms with Gasteiger partial charge in [0.15, 0.2) is 0 Å². The molecule has 0 aliphatic rings. The molecule has 0 saturated carbocycles. The van der Waals surface area contributed by atoms with Crippen molar-refractivity contribution in [1.29, 1.82) is 0 Å². The third kappa shape index (κ3) is 3.77. The minimum Gasteiger partial charge on any atom is -0.489 e. The molecular weight excluding hydrogens is 341 g/mol. The van der Waals surface area contributed by atoms with E-state index in [1.165, 1.54) is 10.8 Å². The van der Waals surface area contributed by atoms with Crippen LogP contribution in [0.25, 0.3) is 10.8 Å². The standard InChI is InChI=1S/C20H19Cl2NO/c1-13(2)24-20-15(10-16(21)11-18(20)22)12-23-19-9-5-7-14-6-3-4-8-17(14)19/h3-11,13,23H,12H2,1-2H3. The summed E-state index contributed by atoms with van der Waals surface area (Å²) in [5.74, 6) is 0.684. The lowest BCUT2D eigenvalue weighted by Gasteiger charge is -2.17. The Morgan fingerprint density at radius 3 is 2.54 bits per heavy atom. The zero-order valence-corrected chi connectivity index (χ0v) is 15.2. The first kappa shape index (κ1) is 16.9. The number of hydrogen-bond acceptors (Lipinski definition) is 2. The van der Waals surface area contributed by atoms with Gasteiger partial charge in [-0.05, 0) is 37.4 Å². The van der Waals surface area contributed by atoms with E-state index in [1.54, 1.807) is 6.07 Å². The van der Waals surface area contributed by atoms with Crippen LogP contribution < -0.4 is 10.1 Å². The Kier molecular flexibility index (Phi) is 5.17. The fourth-order valence-corrected chi connectivity index (χ4v) is 3.26. The van der Waals surface area contributed by atoms with Gasteiger partial charge < -0.3 is 10.1 Å². The van der Waals surface area contributed by atoms with Crippen LogP contribution in [0.2, 0.25) is 10.0 Å². The lowest BCUT2D eigenvalue weighted by atomic mass is 10.1. The van der Waals surface area contributed by atoms with Crippen LogP contribution in [0.5, 0.6) is 5.75 Å². The molecule has 0 fully saturated rings. The minimum absolute atomic E-state index is 0.0416. The summed E-state index contributed by atoms with van der Waals surface area (Å²) in [4.78, 5) is 0. The van der Waals surface area contributed by atoms with Crippen LogP contribution >= 0.6 is 23.2 Å². The topological polar surface area (TPSA) is 21.3 Å². The van der Waals surface area contributed by atoms with Gasteiger partial charge in [0.05, 0.1) is 11.1 Å². The van der Waals surface area contributed by atoms with Crippen molar-refractivity contribution >= 4 is 39.7 Å². The van der Waals surface area contributed by atoms with Crippen molar-refractivity contribution in [3.05, 3.63) is 70.2 Å². The maximum absolute atomic E-state index is 6.32. The molecule has 0 spiro atoms. The van der Waals surface area contributed by atoms with Crippen LogP contribution in [0.1, 0.15) is 19.4 Å². The maximum atomic E-state index is 6.32. The largest absolute Gasteiger partial charge is 0.489 e. The first-order valence-electron chi connectivity index (χ1n) is 7.91. The highest BCUT2D eigenvalue weighted by Crippen LogP contribution is 2.34. The number of halogens is 2. The molecule has 1 N–H and O–H groups in total. The van der Waals surface area contributed by atoms with Crippen LogP contribution in [0.4, 0.5) is 5.69 Å². The molecule has 24 heavy (non-hydrogen) atoms. The second-order valence-corrected chi connectivity index (χ2v) is 6.77. The van der Waals surface area contributed by atoms with E-state index < -0.39 is 0 Å². The van der Waals surface area contributed by atoms with Crippen LogP contribution in [-0.2, 0) is 6.54 Å². The number of hydrogen-bond donors (Lipinski definition) is 1. The number of fused-ring (bicyclic) bond motifs is 1. The second kappa shape index (κ2) is 7.33. The summed E-state index contributed by atoms with van der Waals surface area (Å²) in [5, 5.41) is 6.99. The second-order valence-electron chi connectivity index (χ2n) is 5.92. The van der Waals surface area contributed by atoms with Gasteiger partial charge in [-0.25, -0.2) is 0 Å². The molecule has 0 amide bonds. The fraction of sp³-hybridized carbons (Fsp3) is 0.200. The molecule has 4 heteroatoms. The molecule has 0 aliphatic carbocycles. The van der Waals surface area contributed by atoms with Crippen LogP contribution in [0, 0.1) is 0 Å². The molecule has 3 aromatic rings. The monoisotopic (exact) mass is 359 g/mol. The first-order valence-corrected chi connectivity index (χ1v) is 8.66. The molecule has 0 aromatic heterocycles. The van der Waals surface area contributed by atoms with Crippen molar-refractivity contribution in [1.82, 2.24) is 0 Å². The van der Waals surface area contributed by atoms with Gasteiger partial charge in [-0.3, -0.25) is 0 Å². The summed E-state index contributed by atoms with van der Waals surface area (Å²) >= 11 is 12.5. The molecule has 0 atom stereocenters. The zero-order chi connectivity index (χ0) is 17.1. The smallest absolute Gasteiger partial charge is 0.143 e. The van der Waals surface area contributed by atoms with Crippen molar-refractivity contribution in [2.24, 2.45) is 0 Å². The number of benzene rings is 3. The van der Waals surface area contributed by atoms with Gasteiger partial charge in [0, 0.05) is 28.2 Å². The average Bonchev–Trinajstić information content (AvgIpc) is 2.55. The van der Waals surface area contributed by atoms with Gasteiger partial charge in [-0.2, -0.15) is 0 Å². The van der Waals surface area contributed by atoms with E-state index in [4.69, 9.17) is 27.9 Å². The molecular formula is C20H19Cl2NO. The quantitative estimate of drug-likeness (QED) is 0.557. The third-order valence-electron chi connectivity index (χ3n) is 3.70. The van der Waals surface area contributed by atoms with E-state index in [0.29, 0.717) is 22.3 Å². The maximum Gasteiger partial charge on any atom is 0.143 e. The zero-order valence-electron chi connectivity index (χ0n) is 13.6. The number of ether oxygens (including phenoxy) is 1. The van der Waals surface area contributed by atoms with E-state index in [2.05, 4.69) is 29.6 Å². The Morgan fingerprint density at radius 1 is 1.00 bits per heavy atom. The van der Waals surface area contributed by atoms with Crippen LogP contribution in [-0.4, -0.2) is 6.10 Å². The van der Waals surface area contributed by atoms with Gasteiger partial charge in [-0.1, -0.05) is 59.6 Å². The Bertz CT molecular complexity index is 856. The summed E-state index contributed by atoms with van der Waals surface area (Å²) in [6, 6.07) is 18.1. The van der Waals surface area contributed by atoms with Gasteiger partial charge in [0.25, 0.3) is 0 Å². The van der Waals surface area contributed by atoms with E-state index in [9.17, 15) is 0 Å². The SMILES string of the molecule is CC(C)Oc1c(Cl)cc(Cl)cc1CNc1cccc2ccccc12. The van der Waals surface area contributed by atoms with Gasteiger partial charge in [0.2, 0.25) is 0 Å². The molecule has 0 aliphatic heterocycles. The molecule has 0 bridgehead atoms. The molecule has 124 valence electrons. The van der Waals surface area contributed by atoms with Crippen LogP contribution in [0.3, 0.4) is 0 Å². The Morgan fingerprint density at radius 2 is 1.75 bits per heavy atom. The molecule has 0 heterocycles. The van der Waals surface area contributed by atoms with Crippen molar-refractivity contribution < 1.29 is 4.74 Å². The molecule has 3 rings (SSSR count). The van der Waals surface area contributed by atoms with E-state index in [-0.39, 0.29) is 6.10 Å². The minimum atomic E-state index is 0.0416. The molecule has 0 saturated heterocycles. The van der Waals surface area contributed by atoms with Crippen LogP contribution in [0.15, 0.2) is 54.6 Å². The van der Waals surface area contributed by atoms with E-state index in [1.807, 2.05) is 38.1 Å². The normalized spacial score (nSPS) is 11.0. The average molecular weight is 360 g/mol. The predicted octanol–water partition coefficient (Wildman–Crippen LogP) is 6.55. The number of anilines is 1. The van der Waals surface area contributed by atoms with Gasteiger partial charge in [0.1, 0.15) is 5.75 Å². The highest BCUT2D eigenvalue weighted by atomic mass is 35.5. The lowest BCUT2D eigenvalue weighted by molar-refractivity contribution is 0.240. The van der Waals surface area contributed by atoms with Crippen molar-refractivity contribution in [2.75, 3.05) is 5.32 Å². The predicted molar refractivity (Wildman–Crippen MR) is 104 cm³/mol. The summed E-state index contributed by atoms with van der Waals surface area (Å²) < 4.78 is 5.88. The Labute approximate surface area is 152 Å². The number of rotatable bonds is 5. The van der Waals surface area contributed by atoms with Crippen molar-refractivity contribution in [3.63, 3.8) is 0 Å². The van der Waals surface area contributed by atoms with E-state index in [0.717, 1.165) is 11.3 Å². The first-order chi connectivity index (χ1) is 11.5. The molecule has 0 unspecified atom stereocenters. The highest BCUT2D eigenvalue weighted by Gasteiger charge is 2.12. The summed E-state index contributed by atoms with van der Waals surface area (Å²) in [6.07, 6.45) is 0.0416. The van der Waals surface area contributed by atoms with E-state index >= 15 is 0 Å². The van der Waals surface area contributed by atoms with Crippen molar-refractivity contribution in [3.8, 4) is 5.75 Å². The molecule has 2 nitrogen and oxygen atoms in total. The lowest BCUT2D eigenvalue weighted by Crippen LogP contribution is -2.10. The summed E-state index contributed by atoms with van der Waals surface area (Å²) in [7, 11) is 0. The molecule has 3 aromatic carbocycles. The third-order valence-corrected chi connectivity index (χ3v) is 4.20. The van der Waals surface area contributed by atoms with Gasteiger partial charge >= 0.3 is 0 Å². The fourth-order valence-electron chi connectivity index (χ4n) is 2.68. The number of nitrogens with one attached hydrogen (secondary N) is 1. The Balaban J connectivity index is 1.91. The summed E-state index contributed by atoms with van der Waals surface area (Å²) in [5.41, 5.74) is 2.01.